The number of carboxylic acid groups (broad SMARTS) is 1. The van der Waals surface area contributed by atoms with E-state index >= 15 is 0 Å². The number of carboxylic acids is 1. The molecule has 1 saturated carbocycles. The van der Waals surface area contributed by atoms with E-state index in [0.29, 0.717) is 10.7 Å². The minimum atomic E-state index is -1.09. The molecular weight excluding hydrogens is 460 g/mol. The van der Waals surface area contributed by atoms with Gasteiger partial charge in [-0.2, -0.15) is 0 Å². The zero-order chi connectivity index (χ0) is 23.3. The van der Waals surface area contributed by atoms with Gasteiger partial charge in [-0.3, -0.25) is 14.5 Å². The summed E-state index contributed by atoms with van der Waals surface area (Å²) in [5.74, 6) is -1.69. The number of aliphatic carboxylic acids is 1. The third-order valence-corrected chi connectivity index (χ3v) is 10.0. The number of Topliss-reactive ketones (excluding diaryl/α,β-unsaturated/α-hetero) is 1. The second-order valence-corrected chi connectivity index (χ2v) is 12.1. The van der Waals surface area contributed by atoms with E-state index in [1.54, 1.807) is 0 Å². The van der Waals surface area contributed by atoms with Crippen molar-refractivity contribution in [2.24, 2.45) is 11.3 Å². The molecule has 3 heterocycles. The molecule has 1 aliphatic carbocycles. The Bertz CT molecular complexity index is 1010. The maximum atomic E-state index is 13.0. The highest BCUT2D eigenvalue weighted by atomic mass is 32.2. The average Bonchev–Trinajstić information content (AvgIpc) is 3.34. The summed E-state index contributed by atoms with van der Waals surface area (Å²) in [4.78, 5) is 41.2. The molecule has 33 heavy (non-hydrogen) atoms. The lowest BCUT2D eigenvalue weighted by molar-refractivity contribution is -0.157. The Balaban J connectivity index is 1.22. The zero-order valence-corrected chi connectivity index (χ0v) is 20.1. The highest BCUT2D eigenvalue weighted by molar-refractivity contribution is 8.23. The number of carbonyl (C=O) groups is 3. The van der Waals surface area contributed by atoms with Gasteiger partial charge >= 0.3 is 5.97 Å². The molecule has 1 amide bonds. The summed E-state index contributed by atoms with van der Waals surface area (Å²) in [6.45, 7) is 4.24. The molecule has 0 radical (unpaired) electrons. The van der Waals surface area contributed by atoms with Gasteiger partial charge in [0.05, 0.1) is 16.3 Å². The third kappa shape index (κ3) is 4.03. The number of aliphatic hydroxyl groups is 1. The van der Waals surface area contributed by atoms with E-state index in [1.165, 1.54) is 28.4 Å². The number of rotatable bonds is 9. The summed E-state index contributed by atoms with van der Waals surface area (Å²) >= 11 is 2.94. The van der Waals surface area contributed by atoms with Gasteiger partial charge in [0.15, 0.2) is 11.5 Å². The molecule has 1 aromatic rings. The summed E-state index contributed by atoms with van der Waals surface area (Å²) in [6, 6.07) is 9.49. The van der Waals surface area contributed by atoms with Crippen LogP contribution in [0.2, 0.25) is 0 Å². The van der Waals surface area contributed by atoms with Gasteiger partial charge in [-0.25, -0.2) is 4.79 Å². The summed E-state index contributed by atoms with van der Waals surface area (Å²) in [5.41, 5.74) is 0.558. The highest BCUT2D eigenvalue weighted by Crippen LogP contribution is 2.55. The number of aliphatic hydroxyl groups excluding tert-OH is 1. The van der Waals surface area contributed by atoms with Crippen LogP contribution in [0, 0.1) is 11.3 Å². The van der Waals surface area contributed by atoms with Crippen LogP contribution >= 0.6 is 23.5 Å². The number of likely N-dealkylation sites (tertiary alicyclic amines) is 1. The van der Waals surface area contributed by atoms with E-state index in [-0.39, 0.29) is 33.4 Å². The number of benzene rings is 1. The number of carbonyl (C=O) groups excluding carboxylic acids is 2. The molecule has 2 N–H and O–H groups in total. The molecule has 4 aliphatic rings. The highest BCUT2D eigenvalue weighted by Gasteiger charge is 2.58. The van der Waals surface area contributed by atoms with Gasteiger partial charge in [-0.1, -0.05) is 49.0 Å². The van der Waals surface area contributed by atoms with Crippen LogP contribution < -0.4 is 0 Å². The van der Waals surface area contributed by atoms with Crippen molar-refractivity contribution in [1.82, 2.24) is 9.80 Å². The van der Waals surface area contributed by atoms with Gasteiger partial charge in [0.25, 0.3) is 0 Å². The monoisotopic (exact) mass is 488 g/mol. The molecule has 1 aromatic carbocycles. The first-order valence-corrected chi connectivity index (χ1v) is 13.2. The maximum absolute atomic E-state index is 13.0. The van der Waals surface area contributed by atoms with Crippen LogP contribution in [0.3, 0.4) is 0 Å². The van der Waals surface area contributed by atoms with E-state index in [9.17, 15) is 24.6 Å². The second-order valence-electron chi connectivity index (χ2n) is 9.40. The lowest BCUT2D eigenvalue weighted by atomic mass is 9.90. The van der Waals surface area contributed by atoms with E-state index in [2.05, 4.69) is 4.90 Å². The van der Waals surface area contributed by atoms with Crippen molar-refractivity contribution in [3.8, 4) is 0 Å². The Morgan fingerprint density at radius 3 is 2.64 bits per heavy atom. The SMILES string of the molecule is CC[C@H](O)[C@@H]1C(=O)N2C(C(=O)O)=C(SC3CCN(CC4(C(=O)c5ccccc5)CC4)C3)S[C@H]12. The number of thioether (sulfide) groups is 2. The molecule has 176 valence electrons. The summed E-state index contributed by atoms with van der Waals surface area (Å²) in [7, 11) is 0. The summed E-state index contributed by atoms with van der Waals surface area (Å²) in [5, 5.41) is 19.9. The first kappa shape index (κ1) is 23.0. The van der Waals surface area contributed by atoms with Crippen molar-refractivity contribution in [3.63, 3.8) is 0 Å². The Morgan fingerprint density at radius 1 is 1.27 bits per heavy atom. The molecule has 2 saturated heterocycles. The first-order valence-electron chi connectivity index (χ1n) is 11.5. The smallest absolute Gasteiger partial charge is 0.354 e. The minimum absolute atomic E-state index is 0.0657. The minimum Gasteiger partial charge on any atom is -0.477 e. The van der Waals surface area contributed by atoms with Crippen LogP contribution in [0.15, 0.2) is 40.3 Å². The summed E-state index contributed by atoms with van der Waals surface area (Å²) in [6.07, 6.45) is 2.46. The largest absolute Gasteiger partial charge is 0.477 e. The molecule has 4 atom stereocenters. The molecule has 0 bridgehead atoms. The molecule has 3 fully saturated rings. The molecule has 1 unspecified atom stereocenters. The van der Waals surface area contributed by atoms with Gasteiger partial charge in [-0.05, 0) is 32.2 Å². The predicted molar refractivity (Wildman–Crippen MR) is 128 cm³/mol. The van der Waals surface area contributed by atoms with Crippen molar-refractivity contribution >= 4 is 41.2 Å². The Hall–Kier alpha value is -1.81. The molecule has 0 aromatic heterocycles. The van der Waals surface area contributed by atoms with Gasteiger partial charge < -0.3 is 15.1 Å². The molecule has 7 nitrogen and oxygen atoms in total. The van der Waals surface area contributed by atoms with Crippen molar-refractivity contribution in [1.29, 1.82) is 0 Å². The predicted octanol–water partition coefficient (Wildman–Crippen LogP) is 3.01. The molecular formula is C24H28N2O5S2. The third-order valence-electron chi connectivity index (χ3n) is 7.18. The fraction of sp³-hybridized carbons (Fsp3) is 0.542. The quantitative estimate of drug-likeness (QED) is 0.404. The Morgan fingerprint density at radius 2 is 2.00 bits per heavy atom. The fourth-order valence-electron chi connectivity index (χ4n) is 5.12. The molecule has 5 rings (SSSR count). The van der Waals surface area contributed by atoms with Crippen molar-refractivity contribution in [3.05, 3.63) is 45.8 Å². The van der Waals surface area contributed by atoms with E-state index in [0.717, 1.165) is 44.5 Å². The van der Waals surface area contributed by atoms with Gasteiger partial charge in [0.1, 0.15) is 5.37 Å². The molecule has 0 spiro atoms. The van der Waals surface area contributed by atoms with Crippen LogP contribution in [0.4, 0.5) is 0 Å². The van der Waals surface area contributed by atoms with Crippen molar-refractivity contribution < 1.29 is 24.6 Å². The topological polar surface area (TPSA) is 98.2 Å². The number of amides is 1. The molecule has 9 heteroatoms. The fourth-order valence-corrected chi connectivity index (χ4v) is 8.43. The van der Waals surface area contributed by atoms with E-state index < -0.39 is 18.0 Å². The maximum Gasteiger partial charge on any atom is 0.354 e. The lowest BCUT2D eigenvalue weighted by Gasteiger charge is -2.44. The van der Waals surface area contributed by atoms with Crippen LogP contribution in [-0.4, -0.2) is 74.0 Å². The first-order chi connectivity index (χ1) is 15.8. The number of β-lactam (4-membered cyclic amide) rings is 1. The Labute approximate surface area is 201 Å². The van der Waals surface area contributed by atoms with Gasteiger partial charge in [0.2, 0.25) is 5.91 Å². The van der Waals surface area contributed by atoms with Crippen LogP contribution in [0.1, 0.15) is 43.0 Å². The molecule has 3 aliphatic heterocycles. The number of nitrogens with zero attached hydrogens (tertiary/aromatic N) is 2. The van der Waals surface area contributed by atoms with Crippen LogP contribution in [-0.2, 0) is 9.59 Å². The van der Waals surface area contributed by atoms with E-state index in [4.69, 9.17) is 0 Å². The average molecular weight is 489 g/mol. The number of hydrogen-bond acceptors (Lipinski definition) is 7. The number of hydrogen-bond donors (Lipinski definition) is 2. The van der Waals surface area contributed by atoms with Crippen molar-refractivity contribution in [2.75, 3.05) is 19.6 Å². The van der Waals surface area contributed by atoms with Gasteiger partial charge in [-0.15, -0.1) is 11.8 Å². The lowest BCUT2D eigenvalue weighted by Crippen LogP contribution is -2.61. The summed E-state index contributed by atoms with van der Waals surface area (Å²) < 4.78 is 0.667. The second kappa shape index (κ2) is 8.76. The zero-order valence-electron chi connectivity index (χ0n) is 18.5. The van der Waals surface area contributed by atoms with E-state index in [1.807, 2.05) is 37.3 Å². The number of ketones is 1. The Kier molecular flexibility index (Phi) is 6.09. The van der Waals surface area contributed by atoms with Crippen LogP contribution in [0.25, 0.3) is 0 Å². The van der Waals surface area contributed by atoms with Crippen LogP contribution in [0.5, 0.6) is 0 Å². The van der Waals surface area contributed by atoms with Gasteiger partial charge in [0, 0.05) is 29.3 Å². The number of fused-ring (bicyclic) bond motifs is 1. The normalized spacial score (nSPS) is 29.1. The standard InChI is InChI=1S/C24H28N2O5S2/c1-2-16(27)17-20(29)26-18(22(30)31)23(33-21(17)26)32-15-8-11-25(12-15)13-24(9-10-24)19(28)14-6-4-3-5-7-14/h3-7,15-17,21,27H,2,8-13H2,1H3,(H,30,31)/t15?,16-,17+,21+/m0/s1. The van der Waals surface area contributed by atoms with Crippen molar-refractivity contribution in [2.45, 2.75) is 49.3 Å².